The van der Waals surface area contributed by atoms with Gasteiger partial charge < -0.3 is 0 Å². The van der Waals surface area contributed by atoms with E-state index in [9.17, 15) is 4.79 Å². The molecule has 16 heavy (non-hydrogen) atoms. The predicted octanol–water partition coefficient (Wildman–Crippen LogP) is 2.82. The third-order valence-electron chi connectivity index (χ3n) is 3.12. The van der Waals surface area contributed by atoms with Crippen molar-refractivity contribution in [2.75, 3.05) is 0 Å². The minimum atomic E-state index is 0.150. The molecule has 0 atom stereocenters. The molecule has 1 heteroatoms. The van der Waals surface area contributed by atoms with Crippen molar-refractivity contribution in [3.63, 3.8) is 0 Å². The van der Waals surface area contributed by atoms with Gasteiger partial charge in [-0.3, -0.25) is 4.79 Å². The maximum absolute atomic E-state index is 12.3. The average molecular weight is 207 g/mol. The third kappa shape index (κ3) is 1.36. The summed E-state index contributed by atoms with van der Waals surface area (Å²) in [5.74, 6) is 0.150. The van der Waals surface area contributed by atoms with E-state index in [2.05, 4.69) is 6.07 Å². The SMILES string of the molecule is O=C1c2cc[c]cc2CCc2ccccc21. The summed E-state index contributed by atoms with van der Waals surface area (Å²) < 4.78 is 0. The number of benzene rings is 2. The smallest absolute Gasteiger partial charge is 0.193 e. The second-order valence-corrected chi connectivity index (χ2v) is 4.07. The van der Waals surface area contributed by atoms with Gasteiger partial charge in [0.1, 0.15) is 0 Å². The van der Waals surface area contributed by atoms with Crippen LogP contribution in [0.3, 0.4) is 0 Å². The Hall–Kier alpha value is -1.89. The van der Waals surface area contributed by atoms with Gasteiger partial charge in [0, 0.05) is 11.1 Å². The molecule has 0 aromatic heterocycles. The molecule has 1 aliphatic carbocycles. The highest BCUT2D eigenvalue weighted by atomic mass is 16.1. The normalized spacial score (nSPS) is 13.9. The number of carbonyl (C=O) groups is 1. The largest absolute Gasteiger partial charge is 0.289 e. The van der Waals surface area contributed by atoms with E-state index >= 15 is 0 Å². The van der Waals surface area contributed by atoms with Crippen molar-refractivity contribution in [2.45, 2.75) is 12.8 Å². The molecule has 1 radical (unpaired) electrons. The van der Waals surface area contributed by atoms with Crippen LogP contribution >= 0.6 is 0 Å². The van der Waals surface area contributed by atoms with Crippen LogP contribution in [0.1, 0.15) is 27.0 Å². The van der Waals surface area contributed by atoms with Crippen LogP contribution in [0, 0.1) is 6.07 Å². The van der Waals surface area contributed by atoms with Crippen molar-refractivity contribution in [3.05, 3.63) is 70.8 Å². The zero-order valence-corrected chi connectivity index (χ0v) is 8.86. The lowest BCUT2D eigenvalue weighted by Gasteiger charge is -2.03. The Morgan fingerprint density at radius 3 is 2.62 bits per heavy atom. The molecule has 0 fully saturated rings. The second kappa shape index (κ2) is 3.60. The number of hydrogen-bond donors (Lipinski definition) is 0. The van der Waals surface area contributed by atoms with Gasteiger partial charge in [-0.05, 0) is 30.0 Å². The minimum absolute atomic E-state index is 0.150. The first-order valence-corrected chi connectivity index (χ1v) is 5.48. The maximum Gasteiger partial charge on any atom is 0.193 e. The lowest BCUT2D eigenvalue weighted by molar-refractivity contribution is 0.103. The molecule has 1 aliphatic rings. The molecular weight excluding hydrogens is 196 g/mol. The van der Waals surface area contributed by atoms with Crippen molar-refractivity contribution < 1.29 is 4.79 Å². The van der Waals surface area contributed by atoms with Crippen LogP contribution in [0.15, 0.2) is 42.5 Å². The second-order valence-electron chi connectivity index (χ2n) is 4.07. The predicted molar refractivity (Wildman–Crippen MR) is 62.6 cm³/mol. The van der Waals surface area contributed by atoms with Crippen LogP contribution in [0.4, 0.5) is 0 Å². The fourth-order valence-corrected chi connectivity index (χ4v) is 2.27. The highest BCUT2D eigenvalue weighted by molar-refractivity contribution is 6.11. The van der Waals surface area contributed by atoms with E-state index in [4.69, 9.17) is 0 Å². The maximum atomic E-state index is 12.3. The van der Waals surface area contributed by atoms with Gasteiger partial charge in [-0.15, -0.1) is 0 Å². The van der Waals surface area contributed by atoms with Crippen molar-refractivity contribution in [1.82, 2.24) is 0 Å². The molecule has 77 valence electrons. The Balaban J connectivity index is 2.22. The van der Waals surface area contributed by atoms with Gasteiger partial charge in [0.25, 0.3) is 0 Å². The highest BCUT2D eigenvalue weighted by Crippen LogP contribution is 2.23. The first-order chi connectivity index (χ1) is 7.86. The quantitative estimate of drug-likeness (QED) is 0.649. The summed E-state index contributed by atoms with van der Waals surface area (Å²) in [6.45, 7) is 0. The molecule has 2 aromatic carbocycles. The van der Waals surface area contributed by atoms with Gasteiger partial charge >= 0.3 is 0 Å². The van der Waals surface area contributed by atoms with Crippen LogP contribution < -0.4 is 0 Å². The number of aryl methyl sites for hydroxylation is 2. The zero-order chi connectivity index (χ0) is 11.0. The van der Waals surface area contributed by atoms with Crippen molar-refractivity contribution >= 4 is 5.78 Å². The topological polar surface area (TPSA) is 17.1 Å². The minimum Gasteiger partial charge on any atom is -0.289 e. The highest BCUT2D eigenvalue weighted by Gasteiger charge is 2.19. The summed E-state index contributed by atoms with van der Waals surface area (Å²) >= 11 is 0. The summed E-state index contributed by atoms with van der Waals surface area (Å²) in [4.78, 5) is 12.3. The van der Waals surface area contributed by atoms with Crippen molar-refractivity contribution in [1.29, 1.82) is 0 Å². The molecule has 0 amide bonds. The molecule has 0 saturated carbocycles. The first-order valence-electron chi connectivity index (χ1n) is 5.48. The Kier molecular flexibility index (Phi) is 2.10. The van der Waals surface area contributed by atoms with E-state index in [0.717, 1.165) is 35.1 Å². The van der Waals surface area contributed by atoms with Crippen LogP contribution in [0.2, 0.25) is 0 Å². The van der Waals surface area contributed by atoms with E-state index in [-0.39, 0.29) is 5.78 Å². The van der Waals surface area contributed by atoms with E-state index in [1.54, 1.807) is 0 Å². The Morgan fingerprint density at radius 1 is 0.938 bits per heavy atom. The van der Waals surface area contributed by atoms with Gasteiger partial charge in [-0.2, -0.15) is 0 Å². The molecule has 2 aromatic rings. The Labute approximate surface area is 94.7 Å². The summed E-state index contributed by atoms with van der Waals surface area (Å²) in [5.41, 5.74) is 3.96. The van der Waals surface area contributed by atoms with Crippen molar-refractivity contribution in [3.8, 4) is 0 Å². The molecule has 0 N–H and O–H groups in total. The van der Waals surface area contributed by atoms with Crippen LogP contribution in [0.5, 0.6) is 0 Å². The fourth-order valence-electron chi connectivity index (χ4n) is 2.27. The number of fused-ring (bicyclic) bond motifs is 2. The summed E-state index contributed by atoms with van der Waals surface area (Å²) in [6.07, 6.45) is 1.86. The van der Waals surface area contributed by atoms with Crippen LogP contribution in [0.25, 0.3) is 0 Å². The van der Waals surface area contributed by atoms with Gasteiger partial charge in [0.15, 0.2) is 5.78 Å². The standard InChI is InChI=1S/C15H11O/c16-15-13-7-3-1-5-11(13)9-10-12-6-2-4-8-14(12)15/h1,3-8H,9-10H2. The Bertz CT molecular complexity index is 505. The average Bonchev–Trinajstić information content (AvgIpc) is 2.49. The molecule has 3 rings (SSSR count). The lowest BCUT2D eigenvalue weighted by atomic mass is 9.99. The molecule has 0 unspecified atom stereocenters. The number of ketones is 1. The third-order valence-corrected chi connectivity index (χ3v) is 3.12. The molecule has 1 nitrogen and oxygen atoms in total. The molecule has 0 bridgehead atoms. The molecule has 0 heterocycles. The zero-order valence-electron chi connectivity index (χ0n) is 8.86. The lowest BCUT2D eigenvalue weighted by Crippen LogP contribution is -2.03. The van der Waals surface area contributed by atoms with Crippen LogP contribution in [-0.2, 0) is 12.8 Å². The summed E-state index contributed by atoms with van der Waals surface area (Å²) in [5, 5.41) is 0. The van der Waals surface area contributed by atoms with Crippen molar-refractivity contribution in [2.24, 2.45) is 0 Å². The van der Waals surface area contributed by atoms with Gasteiger partial charge in [-0.25, -0.2) is 0 Å². The number of carbonyl (C=O) groups excluding carboxylic acids is 1. The van der Waals surface area contributed by atoms with E-state index < -0.39 is 0 Å². The monoisotopic (exact) mass is 207 g/mol. The summed E-state index contributed by atoms with van der Waals surface area (Å²) in [6, 6.07) is 16.5. The summed E-state index contributed by atoms with van der Waals surface area (Å²) in [7, 11) is 0. The van der Waals surface area contributed by atoms with Gasteiger partial charge in [0.05, 0.1) is 0 Å². The van der Waals surface area contributed by atoms with Gasteiger partial charge in [-0.1, -0.05) is 42.5 Å². The van der Waals surface area contributed by atoms with E-state index in [1.165, 1.54) is 0 Å². The first kappa shape index (κ1) is 9.34. The molecule has 0 saturated heterocycles. The number of hydrogen-bond acceptors (Lipinski definition) is 1. The number of rotatable bonds is 0. The van der Waals surface area contributed by atoms with E-state index in [0.29, 0.717) is 0 Å². The molecule has 0 spiro atoms. The Morgan fingerprint density at radius 2 is 1.69 bits per heavy atom. The fraction of sp³-hybridized carbons (Fsp3) is 0.133. The molecular formula is C15H11O. The van der Waals surface area contributed by atoms with E-state index in [1.807, 2.05) is 42.5 Å². The molecule has 0 aliphatic heterocycles. The van der Waals surface area contributed by atoms with Gasteiger partial charge in [0.2, 0.25) is 0 Å². The van der Waals surface area contributed by atoms with Crippen LogP contribution in [-0.4, -0.2) is 5.78 Å².